The number of carbonyl (C=O) groups excluding carboxylic acids is 1. The summed E-state index contributed by atoms with van der Waals surface area (Å²) in [6, 6.07) is 9.59. The second-order valence-electron chi connectivity index (χ2n) is 5.34. The molecule has 1 aromatic rings. The lowest BCUT2D eigenvalue weighted by Gasteiger charge is -2.37. The number of amides is 1. The predicted molar refractivity (Wildman–Crippen MR) is 91.2 cm³/mol. The lowest BCUT2D eigenvalue weighted by molar-refractivity contribution is -0.134. The van der Waals surface area contributed by atoms with Crippen LogP contribution in [0.15, 0.2) is 30.3 Å². The molecule has 0 bridgehead atoms. The molecule has 4 nitrogen and oxygen atoms in total. The average Bonchev–Trinajstić information content (AvgIpc) is 2.46. The molecule has 2 rings (SSSR count). The van der Waals surface area contributed by atoms with Crippen LogP contribution in [0, 0.1) is 0 Å². The fourth-order valence-electron chi connectivity index (χ4n) is 2.46. The Balaban J connectivity index is 0.00000200. The Kier molecular flexibility index (Phi) is 8.90. The molecule has 0 aromatic heterocycles. The third-order valence-corrected chi connectivity index (χ3v) is 3.78. The van der Waals surface area contributed by atoms with E-state index < -0.39 is 6.04 Å². The molecule has 0 spiro atoms. The van der Waals surface area contributed by atoms with Crippen molar-refractivity contribution in [2.24, 2.45) is 5.73 Å². The van der Waals surface area contributed by atoms with Crippen LogP contribution in [0.25, 0.3) is 0 Å². The van der Waals surface area contributed by atoms with Crippen molar-refractivity contribution in [3.05, 3.63) is 35.9 Å². The Morgan fingerprint density at radius 1 is 1.05 bits per heavy atom. The zero-order valence-electron chi connectivity index (χ0n) is 12.6. The predicted octanol–water partition coefficient (Wildman–Crippen LogP) is 2.08. The SMILES string of the molecule is CC(C)N1CCN(C(=O)C(N)c2ccccc2)CC1.Cl.Cl. The fraction of sp³-hybridized carbons (Fsp3) is 0.533. The van der Waals surface area contributed by atoms with Crippen molar-refractivity contribution in [2.45, 2.75) is 25.9 Å². The standard InChI is InChI=1S/C15H23N3O.2ClH/c1-12(2)17-8-10-18(11-9-17)15(19)14(16)13-6-4-3-5-7-13;;/h3-7,12,14H,8-11,16H2,1-2H3;2*1H. The number of piperazine rings is 1. The second-order valence-corrected chi connectivity index (χ2v) is 5.34. The molecule has 2 N–H and O–H groups in total. The van der Waals surface area contributed by atoms with E-state index in [4.69, 9.17) is 5.73 Å². The van der Waals surface area contributed by atoms with Crippen molar-refractivity contribution in [2.75, 3.05) is 26.2 Å². The Bertz CT molecular complexity index is 420. The van der Waals surface area contributed by atoms with Gasteiger partial charge in [0.1, 0.15) is 6.04 Å². The summed E-state index contributed by atoms with van der Waals surface area (Å²) in [5, 5.41) is 0. The van der Waals surface area contributed by atoms with E-state index in [2.05, 4.69) is 18.7 Å². The van der Waals surface area contributed by atoms with Gasteiger partial charge in [-0.2, -0.15) is 0 Å². The van der Waals surface area contributed by atoms with Gasteiger partial charge in [0, 0.05) is 32.2 Å². The van der Waals surface area contributed by atoms with Crippen LogP contribution < -0.4 is 5.73 Å². The molecule has 1 fully saturated rings. The van der Waals surface area contributed by atoms with Gasteiger partial charge in [0.25, 0.3) is 0 Å². The number of nitrogens with zero attached hydrogens (tertiary/aromatic N) is 2. The first-order valence-corrected chi connectivity index (χ1v) is 6.93. The minimum Gasteiger partial charge on any atom is -0.338 e. The maximum atomic E-state index is 12.4. The Labute approximate surface area is 139 Å². The van der Waals surface area contributed by atoms with Gasteiger partial charge < -0.3 is 10.6 Å². The first-order chi connectivity index (χ1) is 9.09. The number of hydrogen-bond acceptors (Lipinski definition) is 3. The van der Waals surface area contributed by atoms with Crippen LogP contribution in [0.1, 0.15) is 25.5 Å². The van der Waals surface area contributed by atoms with Gasteiger partial charge in [-0.3, -0.25) is 9.69 Å². The van der Waals surface area contributed by atoms with Crippen molar-refractivity contribution in [1.29, 1.82) is 0 Å². The van der Waals surface area contributed by atoms with Gasteiger partial charge in [-0.1, -0.05) is 30.3 Å². The summed E-state index contributed by atoms with van der Waals surface area (Å²) < 4.78 is 0. The van der Waals surface area contributed by atoms with Crippen LogP contribution in [0.2, 0.25) is 0 Å². The van der Waals surface area contributed by atoms with Crippen LogP contribution >= 0.6 is 24.8 Å². The number of hydrogen-bond donors (Lipinski definition) is 1. The first kappa shape index (κ1) is 20.2. The zero-order valence-corrected chi connectivity index (χ0v) is 14.2. The molecule has 1 saturated heterocycles. The maximum absolute atomic E-state index is 12.4. The Morgan fingerprint density at radius 2 is 1.57 bits per heavy atom. The van der Waals surface area contributed by atoms with E-state index in [9.17, 15) is 4.79 Å². The molecule has 1 aliphatic heterocycles. The normalized spacial score (nSPS) is 16.9. The van der Waals surface area contributed by atoms with Gasteiger partial charge in [-0.05, 0) is 19.4 Å². The zero-order chi connectivity index (χ0) is 13.8. The number of carbonyl (C=O) groups is 1. The van der Waals surface area contributed by atoms with Crippen LogP contribution in [0.4, 0.5) is 0 Å². The summed E-state index contributed by atoms with van der Waals surface area (Å²) in [5.74, 6) is 0.0367. The van der Waals surface area contributed by atoms with E-state index >= 15 is 0 Å². The fourth-order valence-corrected chi connectivity index (χ4v) is 2.46. The van der Waals surface area contributed by atoms with E-state index in [1.807, 2.05) is 35.2 Å². The topological polar surface area (TPSA) is 49.6 Å². The quantitative estimate of drug-likeness (QED) is 0.921. The smallest absolute Gasteiger partial charge is 0.244 e. The molecule has 6 heteroatoms. The Hall–Kier alpha value is -0.810. The molecule has 1 unspecified atom stereocenters. The molecule has 21 heavy (non-hydrogen) atoms. The van der Waals surface area contributed by atoms with Gasteiger partial charge in [-0.15, -0.1) is 24.8 Å². The van der Waals surface area contributed by atoms with E-state index in [0.29, 0.717) is 6.04 Å². The lowest BCUT2D eigenvalue weighted by atomic mass is 10.1. The number of halogens is 2. The number of benzene rings is 1. The summed E-state index contributed by atoms with van der Waals surface area (Å²) in [4.78, 5) is 16.6. The van der Waals surface area contributed by atoms with Crippen molar-refractivity contribution < 1.29 is 4.79 Å². The number of nitrogens with two attached hydrogens (primary N) is 1. The highest BCUT2D eigenvalue weighted by Crippen LogP contribution is 2.15. The minimum absolute atomic E-state index is 0. The summed E-state index contributed by atoms with van der Waals surface area (Å²) in [5.41, 5.74) is 6.95. The molecule has 1 aliphatic rings. The lowest BCUT2D eigenvalue weighted by Crippen LogP contribution is -2.52. The maximum Gasteiger partial charge on any atom is 0.244 e. The molecule has 1 atom stereocenters. The second kappa shape index (κ2) is 9.26. The van der Waals surface area contributed by atoms with Gasteiger partial charge in [0.05, 0.1) is 0 Å². The van der Waals surface area contributed by atoms with E-state index in [1.165, 1.54) is 0 Å². The molecular weight excluding hydrogens is 309 g/mol. The third kappa shape index (κ3) is 5.15. The summed E-state index contributed by atoms with van der Waals surface area (Å²) in [6.45, 7) is 7.80. The van der Waals surface area contributed by atoms with Gasteiger partial charge in [-0.25, -0.2) is 0 Å². The summed E-state index contributed by atoms with van der Waals surface area (Å²) in [6.07, 6.45) is 0. The summed E-state index contributed by atoms with van der Waals surface area (Å²) >= 11 is 0. The summed E-state index contributed by atoms with van der Waals surface area (Å²) in [7, 11) is 0. The largest absolute Gasteiger partial charge is 0.338 e. The van der Waals surface area contributed by atoms with Crippen LogP contribution in [-0.2, 0) is 4.79 Å². The van der Waals surface area contributed by atoms with Crippen LogP contribution in [-0.4, -0.2) is 47.9 Å². The first-order valence-electron chi connectivity index (χ1n) is 6.93. The van der Waals surface area contributed by atoms with Crippen molar-refractivity contribution >= 4 is 30.7 Å². The van der Waals surface area contributed by atoms with Crippen molar-refractivity contribution in [1.82, 2.24) is 9.80 Å². The third-order valence-electron chi connectivity index (χ3n) is 3.78. The number of rotatable bonds is 3. The molecule has 0 saturated carbocycles. The van der Waals surface area contributed by atoms with Gasteiger partial charge in [0.15, 0.2) is 0 Å². The average molecular weight is 334 g/mol. The van der Waals surface area contributed by atoms with Crippen LogP contribution in [0.5, 0.6) is 0 Å². The van der Waals surface area contributed by atoms with E-state index in [1.54, 1.807) is 0 Å². The highest BCUT2D eigenvalue weighted by Gasteiger charge is 2.26. The molecule has 120 valence electrons. The molecule has 1 amide bonds. The molecule has 1 heterocycles. The molecule has 1 aromatic carbocycles. The van der Waals surface area contributed by atoms with E-state index in [0.717, 1.165) is 31.7 Å². The van der Waals surface area contributed by atoms with Crippen molar-refractivity contribution in [3.63, 3.8) is 0 Å². The highest BCUT2D eigenvalue weighted by molar-refractivity contribution is 5.85. The monoisotopic (exact) mass is 333 g/mol. The highest BCUT2D eigenvalue weighted by atomic mass is 35.5. The van der Waals surface area contributed by atoms with E-state index in [-0.39, 0.29) is 30.7 Å². The molecule has 0 radical (unpaired) electrons. The van der Waals surface area contributed by atoms with Crippen molar-refractivity contribution in [3.8, 4) is 0 Å². The van der Waals surface area contributed by atoms with Gasteiger partial charge in [0.2, 0.25) is 5.91 Å². The van der Waals surface area contributed by atoms with Gasteiger partial charge >= 0.3 is 0 Å². The Morgan fingerprint density at radius 3 is 2.05 bits per heavy atom. The van der Waals surface area contributed by atoms with Crippen LogP contribution in [0.3, 0.4) is 0 Å². The molecule has 0 aliphatic carbocycles. The molecular formula is C15H25Cl2N3O. The minimum atomic E-state index is -0.535.